The molecule has 2 amide bonds. The number of carbonyl (C=O) groups is 3. The van der Waals surface area contributed by atoms with Crippen molar-refractivity contribution in [3.8, 4) is 0 Å². The molecule has 0 bridgehead atoms. The summed E-state index contributed by atoms with van der Waals surface area (Å²) in [6.45, 7) is 0.564. The quantitative estimate of drug-likeness (QED) is 0.801. The number of amides is 2. The SMILES string of the molecule is O=C(COC(=O)CN1CCCCCC1=O)NCc1ccccc1. The Balaban J connectivity index is 1.67. The molecule has 2 rings (SSSR count). The zero-order valence-electron chi connectivity index (χ0n) is 13.1. The monoisotopic (exact) mass is 318 g/mol. The summed E-state index contributed by atoms with van der Waals surface area (Å²) in [7, 11) is 0. The molecule has 1 fully saturated rings. The zero-order chi connectivity index (χ0) is 16.5. The Hall–Kier alpha value is -2.37. The Bertz CT molecular complexity index is 545. The molecule has 0 unspecified atom stereocenters. The van der Waals surface area contributed by atoms with Crippen molar-refractivity contribution >= 4 is 17.8 Å². The van der Waals surface area contributed by atoms with Crippen LogP contribution in [0.5, 0.6) is 0 Å². The van der Waals surface area contributed by atoms with Crippen LogP contribution in [0.15, 0.2) is 30.3 Å². The lowest BCUT2D eigenvalue weighted by Gasteiger charge is -2.19. The normalized spacial score (nSPS) is 15.0. The summed E-state index contributed by atoms with van der Waals surface area (Å²) in [4.78, 5) is 36.7. The highest BCUT2D eigenvalue weighted by atomic mass is 16.5. The number of likely N-dealkylation sites (tertiary alicyclic amines) is 1. The second kappa shape index (κ2) is 8.92. The fourth-order valence-electron chi connectivity index (χ4n) is 2.40. The molecule has 0 spiro atoms. The minimum Gasteiger partial charge on any atom is -0.454 e. The molecule has 1 aromatic rings. The molecule has 0 saturated carbocycles. The highest BCUT2D eigenvalue weighted by Crippen LogP contribution is 2.10. The molecular weight excluding hydrogens is 296 g/mol. The van der Waals surface area contributed by atoms with Gasteiger partial charge in [-0.25, -0.2) is 0 Å². The van der Waals surface area contributed by atoms with Gasteiger partial charge in [-0.2, -0.15) is 0 Å². The number of nitrogens with zero attached hydrogens (tertiary/aromatic N) is 1. The predicted molar refractivity (Wildman–Crippen MR) is 84.3 cm³/mol. The van der Waals surface area contributed by atoms with Gasteiger partial charge in [0.15, 0.2) is 6.61 Å². The van der Waals surface area contributed by atoms with Crippen LogP contribution in [0.4, 0.5) is 0 Å². The van der Waals surface area contributed by atoms with Crippen LogP contribution < -0.4 is 5.32 Å². The maximum absolute atomic E-state index is 11.8. The van der Waals surface area contributed by atoms with Crippen LogP contribution in [-0.4, -0.2) is 42.4 Å². The van der Waals surface area contributed by atoms with Crippen molar-refractivity contribution in [2.45, 2.75) is 32.2 Å². The number of carbonyl (C=O) groups excluding carboxylic acids is 3. The molecule has 1 aromatic carbocycles. The van der Waals surface area contributed by atoms with Crippen LogP contribution in [0.3, 0.4) is 0 Å². The van der Waals surface area contributed by atoms with Gasteiger partial charge < -0.3 is 15.0 Å². The molecule has 1 heterocycles. The molecule has 0 aliphatic carbocycles. The molecule has 1 aliphatic heterocycles. The van der Waals surface area contributed by atoms with Crippen LogP contribution in [0, 0.1) is 0 Å². The van der Waals surface area contributed by atoms with Crippen LogP contribution in [0.1, 0.15) is 31.2 Å². The molecule has 1 N–H and O–H groups in total. The smallest absolute Gasteiger partial charge is 0.326 e. The molecule has 0 aromatic heterocycles. The molecule has 0 atom stereocenters. The van der Waals surface area contributed by atoms with E-state index in [-0.39, 0.29) is 25.0 Å². The second-order valence-electron chi connectivity index (χ2n) is 5.55. The third-order valence-electron chi connectivity index (χ3n) is 3.69. The average molecular weight is 318 g/mol. The zero-order valence-corrected chi connectivity index (χ0v) is 13.1. The first-order valence-electron chi connectivity index (χ1n) is 7.89. The highest BCUT2D eigenvalue weighted by Gasteiger charge is 2.20. The first kappa shape index (κ1) is 17.0. The summed E-state index contributed by atoms with van der Waals surface area (Å²) in [5, 5.41) is 2.68. The van der Waals surface area contributed by atoms with E-state index in [1.54, 1.807) is 0 Å². The van der Waals surface area contributed by atoms with Crippen LogP contribution in [0.25, 0.3) is 0 Å². The Labute approximate surface area is 135 Å². The van der Waals surface area contributed by atoms with E-state index in [2.05, 4.69) is 5.32 Å². The van der Waals surface area contributed by atoms with Gasteiger partial charge in [-0.1, -0.05) is 36.8 Å². The standard InChI is InChI=1S/C17H22N2O4/c20-15(18-11-14-7-3-1-4-8-14)13-23-17(22)12-19-10-6-2-5-9-16(19)21/h1,3-4,7-8H,2,5-6,9-13H2,(H,18,20). The average Bonchev–Trinajstić information content (AvgIpc) is 2.77. The fourth-order valence-corrected chi connectivity index (χ4v) is 2.40. The number of esters is 1. The summed E-state index contributed by atoms with van der Waals surface area (Å²) >= 11 is 0. The molecule has 1 saturated heterocycles. The molecule has 6 nitrogen and oxygen atoms in total. The van der Waals surface area contributed by atoms with E-state index in [0.717, 1.165) is 24.8 Å². The van der Waals surface area contributed by atoms with Crippen LogP contribution in [0.2, 0.25) is 0 Å². The van der Waals surface area contributed by atoms with Gasteiger partial charge in [-0.05, 0) is 18.4 Å². The molecule has 23 heavy (non-hydrogen) atoms. The van der Waals surface area contributed by atoms with Gasteiger partial charge in [0.05, 0.1) is 0 Å². The number of ether oxygens (including phenoxy) is 1. The maximum Gasteiger partial charge on any atom is 0.326 e. The van der Waals surface area contributed by atoms with E-state index in [1.807, 2.05) is 30.3 Å². The highest BCUT2D eigenvalue weighted by molar-refractivity contribution is 5.84. The summed E-state index contributed by atoms with van der Waals surface area (Å²) in [6, 6.07) is 9.48. The van der Waals surface area contributed by atoms with E-state index in [9.17, 15) is 14.4 Å². The molecule has 0 radical (unpaired) electrons. The number of nitrogens with one attached hydrogen (secondary N) is 1. The molecule has 1 aliphatic rings. The van der Waals surface area contributed by atoms with E-state index in [0.29, 0.717) is 19.5 Å². The minimum atomic E-state index is -0.546. The van der Waals surface area contributed by atoms with Crippen molar-refractivity contribution in [2.24, 2.45) is 0 Å². The Morgan fingerprint density at radius 2 is 1.91 bits per heavy atom. The first-order chi connectivity index (χ1) is 11.1. The number of hydrogen-bond donors (Lipinski definition) is 1. The largest absolute Gasteiger partial charge is 0.454 e. The lowest BCUT2D eigenvalue weighted by Crippen LogP contribution is -2.37. The van der Waals surface area contributed by atoms with Crippen molar-refractivity contribution in [3.05, 3.63) is 35.9 Å². The van der Waals surface area contributed by atoms with Gasteiger partial charge in [0.25, 0.3) is 5.91 Å². The van der Waals surface area contributed by atoms with E-state index < -0.39 is 5.97 Å². The van der Waals surface area contributed by atoms with Crippen molar-refractivity contribution in [3.63, 3.8) is 0 Å². The summed E-state index contributed by atoms with van der Waals surface area (Å²) < 4.78 is 4.94. The Morgan fingerprint density at radius 3 is 2.70 bits per heavy atom. The summed E-state index contributed by atoms with van der Waals surface area (Å²) in [5.74, 6) is -0.924. The van der Waals surface area contributed by atoms with Gasteiger partial charge in [0, 0.05) is 19.5 Å². The van der Waals surface area contributed by atoms with Crippen molar-refractivity contribution in [1.29, 1.82) is 0 Å². The summed E-state index contributed by atoms with van der Waals surface area (Å²) in [6.07, 6.45) is 3.24. The van der Waals surface area contributed by atoms with Crippen LogP contribution >= 0.6 is 0 Å². The molecule has 124 valence electrons. The van der Waals surface area contributed by atoms with E-state index in [4.69, 9.17) is 4.74 Å². The third-order valence-corrected chi connectivity index (χ3v) is 3.69. The fraction of sp³-hybridized carbons (Fsp3) is 0.471. The maximum atomic E-state index is 11.8. The lowest BCUT2D eigenvalue weighted by molar-refractivity contribution is -0.152. The predicted octanol–water partition coefficient (Wildman–Crippen LogP) is 1.25. The first-order valence-corrected chi connectivity index (χ1v) is 7.89. The molecular formula is C17H22N2O4. The number of benzene rings is 1. The van der Waals surface area contributed by atoms with Crippen molar-refractivity contribution in [1.82, 2.24) is 10.2 Å². The van der Waals surface area contributed by atoms with Gasteiger partial charge in [-0.3, -0.25) is 14.4 Å². The third kappa shape index (κ3) is 6.10. The van der Waals surface area contributed by atoms with Gasteiger partial charge in [0.2, 0.25) is 5.91 Å². The van der Waals surface area contributed by atoms with Crippen LogP contribution in [-0.2, 0) is 25.7 Å². The van der Waals surface area contributed by atoms with Crippen molar-refractivity contribution in [2.75, 3.05) is 19.7 Å². The summed E-state index contributed by atoms with van der Waals surface area (Å²) in [5.41, 5.74) is 0.974. The lowest BCUT2D eigenvalue weighted by atomic mass is 10.2. The number of rotatable bonds is 6. The minimum absolute atomic E-state index is 0.0204. The van der Waals surface area contributed by atoms with Gasteiger partial charge in [0.1, 0.15) is 6.54 Å². The van der Waals surface area contributed by atoms with Gasteiger partial charge >= 0.3 is 5.97 Å². The second-order valence-corrected chi connectivity index (χ2v) is 5.55. The van der Waals surface area contributed by atoms with Gasteiger partial charge in [-0.15, -0.1) is 0 Å². The van der Waals surface area contributed by atoms with Crippen molar-refractivity contribution < 1.29 is 19.1 Å². The number of hydrogen-bond acceptors (Lipinski definition) is 4. The molecule has 6 heteroatoms. The Morgan fingerprint density at radius 1 is 1.13 bits per heavy atom. The Kier molecular flexibility index (Phi) is 6.59. The van der Waals surface area contributed by atoms with E-state index >= 15 is 0 Å². The van der Waals surface area contributed by atoms with E-state index in [1.165, 1.54) is 4.90 Å². The topological polar surface area (TPSA) is 75.7 Å².